The van der Waals surface area contributed by atoms with E-state index < -0.39 is 0 Å². The van der Waals surface area contributed by atoms with Crippen LogP contribution in [0.4, 0.5) is 0 Å². The maximum atomic E-state index is 11.9. The van der Waals surface area contributed by atoms with Crippen molar-refractivity contribution in [1.29, 1.82) is 0 Å². The first-order chi connectivity index (χ1) is 9.88. The molecule has 112 valence electrons. The van der Waals surface area contributed by atoms with Crippen molar-refractivity contribution in [1.82, 2.24) is 15.1 Å². The van der Waals surface area contributed by atoms with Crippen LogP contribution in [0.25, 0.3) is 6.08 Å². The standard InChI is InChI=1S/C15H18ClN3O2/c1-9-5-7-13(21-9)11(3)17-14(20)8-6-12-10(2)18-19(4)15(12)16/h5-8,11H,1-4H3,(H,17,20)/b8-6+. The lowest BCUT2D eigenvalue weighted by Crippen LogP contribution is -2.24. The third-order valence-electron chi connectivity index (χ3n) is 3.14. The molecule has 0 saturated heterocycles. The molecule has 0 fully saturated rings. The number of halogens is 1. The molecule has 2 aromatic heterocycles. The molecule has 0 aromatic carbocycles. The van der Waals surface area contributed by atoms with Gasteiger partial charge >= 0.3 is 0 Å². The van der Waals surface area contributed by atoms with E-state index in [1.165, 1.54) is 6.08 Å². The van der Waals surface area contributed by atoms with E-state index in [1.54, 1.807) is 17.8 Å². The molecule has 6 heteroatoms. The molecule has 0 spiro atoms. The SMILES string of the molecule is Cc1ccc(C(C)NC(=O)/C=C/c2c(C)nn(C)c2Cl)o1. The predicted octanol–water partition coefficient (Wildman–Crippen LogP) is 3.17. The van der Waals surface area contributed by atoms with Crippen LogP contribution in [-0.4, -0.2) is 15.7 Å². The molecule has 21 heavy (non-hydrogen) atoms. The second kappa shape index (κ2) is 6.18. The fourth-order valence-electron chi connectivity index (χ4n) is 2.01. The molecule has 0 bridgehead atoms. The average Bonchev–Trinajstić information content (AvgIpc) is 2.94. The minimum atomic E-state index is -0.212. The first-order valence-electron chi connectivity index (χ1n) is 6.62. The Bertz CT molecular complexity index is 685. The number of carbonyl (C=O) groups is 1. The number of hydrogen-bond donors (Lipinski definition) is 1. The molecule has 0 aliphatic heterocycles. The number of aryl methyl sites for hydroxylation is 3. The highest BCUT2D eigenvalue weighted by Crippen LogP contribution is 2.20. The van der Waals surface area contributed by atoms with Gasteiger partial charge in [0.1, 0.15) is 16.7 Å². The van der Waals surface area contributed by atoms with Crippen molar-refractivity contribution in [3.8, 4) is 0 Å². The fraction of sp³-hybridized carbons (Fsp3) is 0.333. The normalized spacial score (nSPS) is 12.8. The number of amides is 1. The number of furan rings is 1. The molecule has 1 unspecified atom stereocenters. The van der Waals surface area contributed by atoms with Crippen LogP contribution in [0.2, 0.25) is 5.15 Å². The minimum absolute atomic E-state index is 0.193. The summed E-state index contributed by atoms with van der Waals surface area (Å²) in [5, 5.41) is 7.53. The number of nitrogens with zero attached hydrogens (tertiary/aromatic N) is 2. The van der Waals surface area contributed by atoms with E-state index in [2.05, 4.69) is 10.4 Å². The van der Waals surface area contributed by atoms with Gasteiger partial charge in [-0.15, -0.1) is 0 Å². The quantitative estimate of drug-likeness (QED) is 0.883. The summed E-state index contributed by atoms with van der Waals surface area (Å²) in [6, 6.07) is 3.53. The fourth-order valence-corrected chi connectivity index (χ4v) is 2.25. The monoisotopic (exact) mass is 307 g/mol. The lowest BCUT2D eigenvalue weighted by Gasteiger charge is -2.09. The highest BCUT2D eigenvalue weighted by Gasteiger charge is 2.12. The van der Waals surface area contributed by atoms with E-state index in [-0.39, 0.29) is 11.9 Å². The lowest BCUT2D eigenvalue weighted by atomic mass is 10.2. The van der Waals surface area contributed by atoms with Crippen LogP contribution in [0.5, 0.6) is 0 Å². The Labute approximate surface area is 128 Å². The van der Waals surface area contributed by atoms with Gasteiger partial charge in [0, 0.05) is 18.7 Å². The second-order valence-corrected chi connectivity index (χ2v) is 5.28. The van der Waals surface area contributed by atoms with E-state index in [0.29, 0.717) is 5.15 Å². The molecule has 1 amide bonds. The number of aromatic nitrogens is 2. The van der Waals surface area contributed by atoms with Crippen LogP contribution in [0.1, 0.15) is 35.7 Å². The number of nitrogens with one attached hydrogen (secondary N) is 1. The van der Waals surface area contributed by atoms with Gasteiger partial charge in [0.15, 0.2) is 0 Å². The van der Waals surface area contributed by atoms with Gasteiger partial charge in [0.05, 0.1) is 11.7 Å². The number of hydrogen-bond acceptors (Lipinski definition) is 3. The topological polar surface area (TPSA) is 60.1 Å². The highest BCUT2D eigenvalue weighted by molar-refractivity contribution is 6.31. The molecule has 0 radical (unpaired) electrons. The summed E-state index contributed by atoms with van der Waals surface area (Å²) in [5.41, 5.74) is 1.53. The van der Waals surface area contributed by atoms with Crippen molar-refractivity contribution in [3.05, 3.63) is 46.1 Å². The zero-order valence-corrected chi connectivity index (χ0v) is 13.2. The van der Waals surface area contributed by atoms with Crippen LogP contribution in [0.3, 0.4) is 0 Å². The Hall–Kier alpha value is -2.01. The van der Waals surface area contributed by atoms with Crippen molar-refractivity contribution < 1.29 is 9.21 Å². The van der Waals surface area contributed by atoms with Crippen molar-refractivity contribution >= 4 is 23.6 Å². The first-order valence-corrected chi connectivity index (χ1v) is 7.00. The molecular formula is C15H18ClN3O2. The third-order valence-corrected chi connectivity index (χ3v) is 3.59. The Morgan fingerprint density at radius 1 is 1.48 bits per heavy atom. The summed E-state index contributed by atoms with van der Waals surface area (Å²) in [6.45, 7) is 5.58. The Morgan fingerprint density at radius 2 is 2.19 bits per heavy atom. The van der Waals surface area contributed by atoms with Gasteiger partial charge in [0.2, 0.25) is 5.91 Å². The summed E-state index contributed by atoms with van der Waals surface area (Å²) >= 11 is 6.10. The van der Waals surface area contributed by atoms with Gasteiger partial charge in [-0.05, 0) is 39.0 Å². The summed E-state index contributed by atoms with van der Waals surface area (Å²) in [7, 11) is 1.76. The average molecular weight is 308 g/mol. The van der Waals surface area contributed by atoms with Gasteiger partial charge in [-0.3, -0.25) is 9.48 Å². The van der Waals surface area contributed by atoms with Crippen molar-refractivity contribution in [2.45, 2.75) is 26.8 Å². The van der Waals surface area contributed by atoms with Crippen LogP contribution in [0.15, 0.2) is 22.6 Å². The Balaban J connectivity index is 2.03. The molecule has 2 aromatic rings. The zero-order chi connectivity index (χ0) is 15.6. The zero-order valence-electron chi connectivity index (χ0n) is 12.5. The Kier molecular flexibility index (Phi) is 4.53. The van der Waals surface area contributed by atoms with Crippen molar-refractivity contribution in [2.75, 3.05) is 0 Å². The van der Waals surface area contributed by atoms with Crippen LogP contribution in [-0.2, 0) is 11.8 Å². The van der Waals surface area contributed by atoms with Gasteiger partial charge in [0.25, 0.3) is 0 Å². The number of carbonyl (C=O) groups excluding carboxylic acids is 1. The van der Waals surface area contributed by atoms with Crippen molar-refractivity contribution in [2.24, 2.45) is 7.05 Å². The maximum absolute atomic E-state index is 11.9. The van der Waals surface area contributed by atoms with E-state index in [9.17, 15) is 4.79 Å². The Morgan fingerprint density at radius 3 is 2.71 bits per heavy atom. The molecule has 0 aliphatic rings. The molecule has 2 heterocycles. The molecule has 5 nitrogen and oxygen atoms in total. The first kappa shape index (κ1) is 15.4. The summed E-state index contributed by atoms with van der Waals surface area (Å²) in [5.74, 6) is 1.33. The van der Waals surface area contributed by atoms with Crippen molar-refractivity contribution in [3.63, 3.8) is 0 Å². The van der Waals surface area contributed by atoms with Gasteiger partial charge < -0.3 is 9.73 Å². The van der Waals surface area contributed by atoms with E-state index in [1.807, 2.05) is 32.9 Å². The minimum Gasteiger partial charge on any atom is -0.464 e. The van der Waals surface area contributed by atoms with Gasteiger partial charge in [-0.2, -0.15) is 5.10 Å². The molecular weight excluding hydrogens is 290 g/mol. The van der Waals surface area contributed by atoms with Gasteiger partial charge in [-0.25, -0.2) is 0 Å². The largest absolute Gasteiger partial charge is 0.464 e. The molecule has 0 saturated carbocycles. The van der Waals surface area contributed by atoms with Crippen LogP contribution >= 0.6 is 11.6 Å². The van der Waals surface area contributed by atoms with E-state index in [0.717, 1.165) is 22.8 Å². The lowest BCUT2D eigenvalue weighted by molar-refractivity contribution is -0.117. The third kappa shape index (κ3) is 3.55. The number of rotatable bonds is 4. The highest BCUT2D eigenvalue weighted by atomic mass is 35.5. The van der Waals surface area contributed by atoms with Gasteiger partial charge in [-0.1, -0.05) is 11.6 Å². The van der Waals surface area contributed by atoms with Crippen LogP contribution in [0, 0.1) is 13.8 Å². The summed E-state index contributed by atoms with van der Waals surface area (Å²) in [6.07, 6.45) is 3.11. The summed E-state index contributed by atoms with van der Waals surface area (Å²) in [4.78, 5) is 11.9. The smallest absolute Gasteiger partial charge is 0.244 e. The predicted molar refractivity (Wildman–Crippen MR) is 82.0 cm³/mol. The van der Waals surface area contributed by atoms with E-state index in [4.69, 9.17) is 16.0 Å². The molecule has 2 rings (SSSR count). The van der Waals surface area contributed by atoms with E-state index >= 15 is 0 Å². The molecule has 1 atom stereocenters. The summed E-state index contributed by atoms with van der Waals surface area (Å²) < 4.78 is 7.05. The molecule has 0 aliphatic carbocycles. The maximum Gasteiger partial charge on any atom is 0.244 e. The van der Waals surface area contributed by atoms with Crippen LogP contribution < -0.4 is 5.32 Å². The second-order valence-electron chi connectivity index (χ2n) is 4.93. The molecule has 1 N–H and O–H groups in total.